The average Bonchev–Trinajstić information content (AvgIpc) is 2.88. The third kappa shape index (κ3) is 2.74. The molecular formula is C16H31B. The van der Waals surface area contributed by atoms with Crippen LogP contribution in [0.25, 0.3) is 0 Å². The summed E-state index contributed by atoms with van der Waals surface area (Å²) in [4.78, 5) is 0. The van der Waals surface area contributed by atoms with E-state index in [9.17, 15) is 0 Å². The highest BCUT2D eigenvalue weighted by atomic mass is 14.5. The highest BCUT2D eigenvalue weighted by Crippen LogP contribution is 2.63. The fraction of sp³-hybridized carbons (Fsp3) is 1.00. The van der Waals surface area contributed by atoms with Gasteiger partial charge in [-0.05, 0) is 11.2 Å². The summed E-state index contributed by atoms with van der Waals surface area (Å²) in [5.74, 6) is 1.13. The zero-order chi connectivity index (χ0) is 12.1. The Hall–Kier alpha value is 0.0649. The first-order valence-electron chi connectivity index (χ1n) is 8.33. The van der Waals surface area contributed by atoms with Crippen molar-refractivity contribution in [3.8, 4) is 0 Å². The number of hydrogen-bond donors (Lipinski definition) is 0. The number of unbranched alkanes of at least 4 members (excludes halogenated alkanes) is 2. The summed E-state index contributed by atoms with van der Waals surface area (Å²) < 4.78 is 0. The predicted octanol–water partition coefficient (Wildman–Crippen LogP) is 5.81. The average molecular weight is 234 g/mol. The molecule has 0 aromatic rings. The van der Waals surface area contributed by atoms with E-state index < -0.39 is 0 Å². The van der Waals surface area contributed by atoms with Crippen molar-refractivity contribution < 1.29 is 0 Å². The number of hydrogen-bond acceptors (Lipinski definition) is 0. The lowest BCUT2D eigenvalue weighted by molar-refractivity contribution is 0.460. The molecule has 2 fully saturated rings. The fourth-order valence-corrected chi connectivity index (χ4v) is 4.97. The minimum Gasteiger partial charge on any atom is -0.0737 e. The zero-order valence-corrected chi connectivity index (χ0v) is 12.1. The van der Waals surface area contributed by atoms with Gasteiger partial charge in [0.05, 0.1) is 0 Å². The molecule has 1 heteroatoms. The Morgan fingerprint density at radius 2 is 1.47 bits per heavy atom. The Morgan fingerprint density at radius 1 is 0.941 bits per heavy atom. The van der Waals surface area contributed by atoms with Crippen LogP contribution in [0.1, 0.15) is 78.1 Å². The van der Waals surface area contributed by atoms with Crippen LogP contribution in [0.2, 0.25) is 18.0 Å². The highest BCUT2D eigenvalue weighted by molar-refractivity contribution is 6.62. The quantitative estimate of drug-likeness (QED) is 0.488. The molecule has 2 saturated carbocycles. The summed E-state index contributed by atoms with van der Waals surface area (Å²) in [7, 11) is 0. The van der Waals surface area contributed by atoms with Crippen LogP contribution in [0.15, 0.2) is 0 Å². The Morgan fingerprint density at radius 3 is 1.94 bits per heavy atom. The van der Waals surface area contributed by atoms with Crippen LogP contribution in [0.3, 0.4) is 0 Å². The third-order valence-electron chi connectivity index (χ3n) is 5.83. The predicted molar refractivity (Wildman–Crippen MR) is 79.1 cm³/mol. The van der Waals surface area contributed by atoms with E-state index in [1.165, 1.54) is 38.3 Å². The molecule has 0 nitrogen and oxygen atoms in total. The Balaban J connectivity index is 2.01. The molecule has 0 radical (unpaired) electrons. The molecular weight excluding hydrogens is 203 g/mol. The van der Waals surface area contributed by atoms with Crippen molar-refractivity contribution in [1.82, 2.24) is 0 Å². The summed E-state index contributed by atoms with van der Waals surface area (Å²) in [6.45, 7) is 5.79. The molecule has 0 aromatic heterocycles. The van der Waals surface area contributed by atoms with Crippen molar-refractivity contribution in [3.63, 3.8) is 0 Å². The SMILES string of the molecule is CCCCB(CCCC)C12CCCC1CCC2. The molecule has 17 heavy (non-hydrogen) atoms. The van der Waals surface area contributed by atoms with Crippen molar-refractivity contribution >= 4 is 6.71 Å². The first kappa shape index (κ1) is 13.5. The van der Waals surface area contributed by atoms with Crippen LogP contribution in [0, 0.1) is 5.92 Å². The van der Waals surface area contributed by atoms with Gasteiger partial charge < -0.3 is 0 Å². The Bertz CT molecular complexity index is 206. The van der Waals surface area contributed by atoms with Crippen LogP contribution >= 0.6 is 0 Å². The van der Waals surface area contributed by atoms with E-state index in [2.05, 4.69) is 13.8 Å². The summed E-state index contributed by atoms with van der Waals surface area (Å²) in [5.41, 5.74) is 0. The van der Waals surface area contributed by atoms with Crippen LogP contribution < -0.4 is 0 Å². The standard InChI is InChI=1S/C16H31B/c1-3-5-13-17(14-6-4-2)16-11-7-9-15(16)10-8-12-16/h15H,3-14H2,1-2H3. The summed E-state index contributed by atoms with van der Waals surface area (Å²) in [6, 6.07) is 0. The summed E-state index contributed by atoms with van der Waals surface area (Å²) in [6.07, 6.45) is 18.2. The molecule has 0 spiro atoms. The second kappa shape index (κ2) is 6.30. The van der Waals surface area contributed by atoms with Gasteiger partial charge in [-0.2, -0.15) is 0 Å². The topological polar surface area (TPSA) is 0 Å². The molecule has 98 valence electrons. The van der Waals surface area contributed by atoms with Crippen molar-refractivity contribution in [3.05, 3.63) is 0 Å². The van der Waals surface area contributed by atoms with E-state index in [0.717, 1.165) is 17.9 Å². The van der Waals surface area contributed by atoms with Crippen molar-refractivity contribution in [1.29, 1.82) is 0 Å². The molecule has 0 bridgehead atoms. The molecule has 0 atom stereocenters. The molecule has 0 unspecified atom stereocenters. The van der Waals surface area contributed by atoms with Gasteiger partial charge in [-0.15, -0.1) is 0 Å². The van der Waals surface area contributed by atoms with Crippen molar-refractivity contribution in [2.24, 2.45) is 5.92 Å². The van der Waals surface area contributed by atoms with Crippen LogP contribution in [0.4, 0.5) is 0 Å². The lowest BCUT2D eigenvalue weighted by Gasteiger charge is -2.36. The van der Waals surface area contributed by atoms with E-state index >= 15 is 0 Å². The van der Waals surface area contributed by atoms with Crippen molar-refractivity contribution in [2.45, 2.75) is 96.0 Å². The largest absolute Gasteiger partial charge is 0.147 e. The molecule has 2 aliphatic rings. The Kier molecular flexibility index (Phi) is 5.00. The highest BCUT2D eigenvalue weighted by Gasteiger charge is 2.51. The molecule has 2 aliphatic carbocycles. The first-order chi connectivity index (χ1) is 8.33. The molecule has 0 amide bonds. The van der Waals surface area contributed by atoms with Gasteiger partial charge in [-0.1, -0.05) is 90.7 Å². The van der Waals surface area contributed by atoms with Gasteiger partial charge in [0.25, 0.3) is 0 Å². The second-order valence-corrected chi connectivity index (χ2v) is 6.70. The fourth-order valence-electron chi connectivity index (χ4n) is 4.97. The molecule has 0 heterocycles. The summed E-state index contributed by atoms with van der Waals surface area (Å²) >= 11 is 0. The number of rotatable bonds is 7. The van der Waals surface area contributed by atoms with E-state index in [-0.39, 0.29) is 0 Å². The van der Waals surface area contributed by atoms with Crippen LogP contribution in [0.5, 0.6) is 0 Å². The Labute approximate surface area is 109 Å². The van der Waals surface area contributed by atoms with Gasteiger partial charge in [0, 0.05) is 0 Å². The van der Waals surface area contributed by atoms with Crippen LogP contribution in [-0.4, -0.2) is 6.71 Å². The lowest BCUT2D eigenvalue weighted by Crippen LogP contribution is -2.32. The molecule has 0 aliphatic heterocycles. The van der Waals surface area contributed by atoms with Gasteiger partial charge in [0.2, 0.25) is 0 Å². The van der Waals surface area contributed by atoms with E-state index in [4.69, 9.17) is 0 Å². The van der Waals surface area contributed by atoms with Crippen molar-refractivity contribution in [2.75, 3.05) is 0 Å². The third-order valence-corrected chi connectivity index (χ3v) is 5.83. The van der Waals surface area contributed by atoms with Gasteiger partial charge in [-0.3, -0.25) is 0 Å². The van der Waals surface area contributed by atoms with Gasteiger partial charge in [0.15, 0.2) is 0 Å². The van der Waals surface area contributed by atoms with Crippen LogP contribution in [-0.2, 0) is 0 Å². The van der Waals surface area contributed by atoms with Gasteiger partial charge in [-0.25, -0.2) is 0 Å². The molecule has 0 aromatic carbocycles. The molecule has 0 saturated heterocycles. The lowest BCUT2D eigenvalue weighted by atomic mass is 9.27. The van der Waals surface area contributed by atoms with E-state index in [0.29, 0.717) is 0 Å². The van der Waals surface area contributed by atoms with Gasteiger partial charge >= 0.3 is 0 Å². The first-order valence-corrected chi connectivity index (χ1v) is 8.33. The minimum absolute atomic E-state index is 0.824. The second-order valence-electron chi connectivity index (χ2n) is 6.70. The smallest absolute Gasteiger partial charge is 0.0737 e. The number of fused-ring (bicyclic) bond motifs is 1. The monoisotopic (exact) mass is 234 g/mol. The molecule has 2 rings (SSSR count). The van der Waals surface area contributed by atoms with E-state index in [1.807, 2.05) is 0 Å². The maximum absolute atomic E-state index is 2.36. The zero-order valence-electron chi connectivity index (χ0n) is 12.1. The van der Waals surface area contributed by atoms with E-state index in [1.54, 1.807) is 38.5 Å². The maximum Gasteiger partial charge on any atom is 0.147 e. The molecule has 0 N–H and O–H groups in total. The summed E-state index contributed by atoms with van der Waals surface area (Å²) in [5, 5.41) is 0.824. The minimum atomic E-state index is 0.824. The normalized spacial score (nSPS) is 31.8. The maximum atomic E-state index is 2.36. The van der Waals surface area contributed by atoms with Gasteiger partial charge in [0.1, 0.15) is 6.71 Å².